The highest BCUT2D eigenvalue weighted by atomic mass is 16.6. The fourth-order valence-electron chi connectivity index (χ4n) is 2.22. The first kappa shape index (κ1) is 11.1. The molecule has 1 aliphatic heterocycles. The third kappa shape index (κ3) is 1.59. The maximum absolute atomic E-state index is 10.0. The van der Waals surface area contributed by atoms with Crippen LogP contribution in [-0.4, -0.2) is 24.9 Å². The minimum Gasteiger partial charge on any atom is -0.460 e. The van der Waals surface area contributed by atoms with Crippen molar-refractivity contribution in [2.24, 2.45) is 0 Å². The van der Waals surface area contributed by atoms with Crippen molar-refractivity contribution in [3.63, 3.8) is 0 Å². The molecule has 1 N–H and O–H groups in total. The van der Waals surface area contributed by atoms with Crippen molar-refractivity contribution in [3.8, 4) is 23.0 Å². The number of rotatable bonds is 1. The third-order valence-electron chi connectivity index (χ3n) is 3.16. The lowest BCUT2D eigenvalue weighted by atomic mass is 10.0. The maximum atomic E-state index is 10.0. The van der Waals surface area contributed by atoms with Gasteiger partial charge in [0, 0.05) is 24.2 Å². The second-order valence-electron chi connectivity index (χ2n) is 4.39. The number of nitrogens with zero attached hydrogens (tertiary/aromatic N) is 4. The van der Waals surface area contributed by atoms with Gasteiger partial charge >= 0.3 is 0 Å². The van der Waals surface area contributed by atoms with Gasteiger partial charge < -0.3 is 9.84 Å². The van der Waals surface area contributed by atoms with Crippen molar-refractivity contribution in [2.45, 2.75) is 6.29 Å². The molecule has 0 saturated heterocycles. The van der Waals surface area contributed by atoms with Gasteiger partial charge in [-0.15, -0.1) is 0 Å². The van der Waals surface area contributed by atoms with Crippen LogP contribution in [0.4, 0.5) is 0 Å². The van der Waals surface area contributed by atoms with E-state index in [1.165, 1.54) is 0 Å². The SMILES string of the molecule is OC1Oc2ccccc2-c2nc(-n3cccn3)ncc21. The quantitative estimate of drug-likeness (QED) is 0.726. The molecule has 6 heteroatoms. The highest BCUT2D eigenvalue weighted by Crippen LogP contribution is 2.39. The van der Waals surface area contributed by atoms with E-state index in [0.717, 1.165) is 5.56 Å². The van der Waals surface area contributed by atoms with Crippen LogP contribution in [0.3, 0.4) is 0 Å². The van der Waals surface area contributed by atoms with E-state index < -0.39 is 6.29 Å². The third-order valence-corrected chi connectivity index (χ3v) is 3.16. The average molecular weight is 266 g/mol. The van der Waals surface area contributed by atoms with Gasteiger partial charge in [-0.05, 0) is 18.2 Å². The van der Waals surface area contributed by atoms with Crippen molar-refractivity contribution in [1.29, 1.82) is 0 Å². The summed E-state index contributed by atoms with van der Waals surface area (Å²) in [5, 5.41) is 14.1. The second-order valence-corrected chi connectivity index (χ2v) is 4.39. The fourth-order valence-corrected chi connectivity index (χ4v) is 2.22. The summed E-state index contributed by atoms with van der Waals surface area (Å²) < 4.78 is 7.02. The lowest BCUT2D eigenvalue weighted by molar-refractivity contribution is -0.0219. The summed E-state index contributed by atoms with van der Waals surface area (Å²) in [5.74, 6) is 1.07. The first-order valence-electron chi connectivity index (χ1n) is 6.14. The zero-order chi connectivity index (χ0) is 13.5. The molecule has 0 amide bonds. The number of aliphatic hydroxyl groups is 1. The number of ether oxygens (including phenoxy) is 1. The number of aliphatic hydroxyl groups excluding tert-OH is 1. The van der Waals surface area contributed by atoms with Gasteiger partial charge in [-0.1, -0.05) is 12.1 Å². The van der Waals surface area contributed by atoms with E-state index in [0.29, 0.717) is 23.0 Å². The van der Waals surface area contributed by atoms with Gasteiger partial charge in [-0.3, -0.25) is 0 Å². The van der Waals surface area contributed by atoms with Gasteiger partial charge in [0.2, 0.25) is 6.29 Å². The van der Waals surface area contributed by atoms with Crippen LogP contribution in [0.2, 0.25) is 0 Å². The summed E-state index contributed by atoms with van der Waals surface area (Å²) in [4.78, 5) is 8.70. The Balaban J connectivity index is 1.94. The zero-order valence-electron chi connectivity index (χ0n) is 10.3. The van der Waals surface area contributed by atoms with Crippen molar-refractivity contribution in [2.75, 3.05) is 0 Å². The summed E-state index contributed by atoms with van der Waals surface area (Å²) in [6.45, 7) is 0. The zero-order valence-corrected chi connectivity index (χ0v) is 10.3. The highest BCUT2D eigenvalue weighted by molar-refractivity contribution is 5.72. The van der Waals surface area contributed by atoms with Crippen LogP contribution in [0.1, 0.15) is 11.9 Å². The summed E-state index contributed by atoms with van der Waals surface area (Å²) in [6, 6.07) is 9.26. The van der Waals surface area contributed by atoms with Crippen LogP contribution >= 0.6 is 0 Å². The Morgan fingerprint density at radius 1 is 1.20 bits per heavy atom. The molecule has 1 unspecified atom stereocenters. The first-order valence-corrected chi connectivity index (χ1v) is 6.14. The van der Waals surface area contributed by atoms with Gasteiger partial charge in [-0.2, -0.15) is 5.10 Å². The number of hydrogen-bond acceptors (Lipinski definition) is 5. The molecule has 4 rings (SSSR count). The van der Waals surface area contributed by atoms with Gasteiger partial charge in [0.05, 0.1) is 11.3 Å². The summed E-state index contributed by atoms with van der Waals surface area (Å²) in [5.41, 5.74) is 2.06. The van der Waals surface area contributed by atoms with Crippen LogP contribution in [0, 0.1) is 0 Å². The normalized spacial score (nSPS) is 16.1. The Morgan fingerprint density at radius 3 is 2.95 bits per heavy atom. The molecule has 1 aliphatic rings. The van der Waals surface area contributed by atoms with Crippen LogP contribution in [-0.2, 0) is 0 Å². The molecule has 3 heterocycles. The Kier molecular flexibility index (Phi) is 2.30. The number of benzene rings is 1. The largest absolute Gasteiger partial charge is 0.460 e. The Bertz CT molecular complexity index is 771. The van der Waals surface area contributed by atoms with Crippen LogP contribution in [0.25, 0.3) is 17.2 Å². The number of para-hydroxylation sites is 1. The predicted molar refractivity (Wildman–Crippen MR) is 70.2 cm³/mol. The highest BCUT2D eigenvalue weighted by Gasteiger charge is 2.26. The Morgan fingerprint density at radius 2 is 2.10 bits per heavy atom. The molecule has 0 saturated carbocycles. The van der Waals surface area contributed by atoms with E-state index in [-0.39, 0.29) is 0 Å². The predicted octanol–water partition coefficient (Wildman–Crippen LogP) is 1.71. The first-order chi connectivity index (χ1) is 9.83. The number of aromatic nitrogens is 4. The van der Waals surface area contributed by atoms with Crippen molar-refractivity contribution < 1.29 is 9.84 Å². The molecule has 1 atom stereocenters. The topological polar surface area (TPSA) is 73.1 Å². The monoisotopic (exact) mass is 266 g/mol. The Hall–Kier alpha value is -2.73. The van der Waals surface area contributed by atoms with Crippen molar-refractivity contribution in [1.82, 2.24) is 19.7 Å². The van der Waals surface area contributed by atoms with E-state index in [1.54, 1.807) is 35.4 Å². The maximum Gasteiger partial charge on any atom is 0.251 e. The number of fused-ring (bicyclic) bond motifs is 3. The molecule has 0 spiro atoms. The molecule has 3 aromatic rings. The minimum atomic E-state index is -1.05. The van der Waals surface area contributed by atoms with Gasteiger partial charge in [0.1, 0.15) is 5.75 Å². The molecular formula is C14H10N4O2. The van der Waals surface area contributed by atoms with Crippen molar-refractivity contribution >= 4 is 0 Å². The summed E-state index contributed by atoms with van der Waals surface area (Å²) in [7, 11) is 0. The average Bonchev–Trinajstić information content (AvgIpc) is 3.01. The summed E-state index contributed by atoms with van der Waals surface area (Å²) >= 11 is 0. The van der Waals surface area contributed by atoms with Gasteiger partial charge in [-0.25, -0.2) is 14.6 Å². The molecule has 98 valence electrons. The van der Waals surface area contributed by atoms with Crippen LogP contribution in [0.15, 0.2) is 48.9 Å². The van der Waals surface area contributed by atoms with Crippen molar-refractivity contribution in [3.05, 3.63) is 54.5 Å². The molecule has 0 aliphatic carbocycles. The van der Waals surface area contributed by atoms with E-state index in [9.17, 15) is 5.11 Å². The van der Waals surface area contributed by atoms with E-state index in [1.807, 2.05) is 18.2 Å². The standard InChI is InChI=1S/C14H10N4O2/c19-13-10-8-15-14(18-7-3-6-16-18)17-12(10)9-4-1-2-5-11(9)20-13/h1-8,13,19H. The van der Waals surface area contributed by atoms with E-state index >= 15 is 0 Å². The van der Waals surface area contributed by atoms with Gasteiger partial charge in [0.15, 0.2) is 0 Å². The molecule has 20 heavy (non-hydrogen) atoms. The molecule has 0 radical (unpaired) electrons. The van der Waals surface area contributed by atoms with Gasteiger partial charge in [0.25, 0.3) is 5.95 Å². The fraction of sp³-hybridized carbons (Fsp3) is 0.0714. The number of hydrogen-bond donors (Lipinski definition) is 1. The molecular weight excluding hydrogens is 256 g/mol. The van der Waals surface area contributed by atoms with E-state index in [4.69, 9.17) is 4.74 Å². The lowest BCUT2D eigenvalue weighted by Gasteiger charge is -2.24. The molecule has 0 fully saturated rings. The molecule has 2 aromatic heterocycles. The lowest BCUT2D eigenvalue weighted by Crippen LogP contribution is -2.16. The minimum absolute atomic E-state index is 0.456. The van der Waals surface area contributed by atoms with Crippen LogP contribution < -0.4 is 4.74 Å². The Labute approximate surface area is 114 Å². The molecule has 6 nitrogen and oxygen atoms in total. The second kappa shape index (κ2) is 4.14. The smallest absolute Gasteiger partial charge is 0.251 e. The molecule has 0 bridgehead atoms. The molecule has 1 aromatic carbocycles. The van der Waals surface area contributed by atoms with Crippen LogP contribution in [0.5, 0.6) is 5.75 Å². The van der Waals surface area contributed by atoms with E-state index in [2.05, 4.69) is 15.1 Å². The summed E-state index contributed by atoms with van der Waals surface area (Å²) in [6.07, 6.45) is 3.95.